The second kappa shape index (κ2) is 11.8. The van der Waals surface area contributed by atoms with Crippen molar-refractivity contribution in [3.63, 3.8) is 0 Å². The summed E-state index contributed by atoms with van der Waals surface area (Å²) in [5.41, 5.74) is 3.09. The highest BCUT2D eigenvalue weighted by molar-refractivity contribution is 7.92. The molecule has 1 atom stereocenters. The summed E-state index contributed by atoms with van der Waals surface area (Å²) in [6.07, 6.45) is 2.87. The second-order valence-electron chi connectivity index (χ2n) is 8.32. The molecule has 0 aliphatic heterocycles. The zero-order valence-electron chi connectivity index (χ0n) is 20.2. The van der Waals surface area contributed by atoms with Crippen molar-refractivity contribution in [1.82, 2.24) is 10.2 Å². The van der Waals surface area contributed by atoms with Crippen molar-refractivity contribution in [1.29, 1.82) is 0 Å². The number of nitrogens with zero attached hydrogens (tertiary/aromatic N) is 2. The molecule has 33 heavy (non-hydrogen) atoms. The van der Waals surface area contributed by atoms with Crippen LogP contribution in [-0.4, -0.2) is 50.5 Å². The minimum Gasteiger partial charge on any atom is -0.354 e. The molecule has 0 saturated heterocycles. The van der Waals surface area contributed by atoms with Crippen LogP contribution in [0.5, 0.6) is 0 Å². The molecule has 0 spiro atoms. The Hall–Kier alpha value is -2.87. The Kier molecular flexibility index (Phi) is 9.46. The summed E-state index contributed by atoms with van der Waals surface area (Å²) < 4.78 is 26.3. The summed E-state index contributed by atoms with van der Waals surface area (Å²) in [5.74, 6) is -0.697. The molecule has 0 fully saturated rings. The van der Waals surface area contributed by atoms with Crippen LogP contribution in [-0.2, 0) is 26.2 Å². The average molecular weight is 474 g/mol. The number of unbranched alkanes of at least 4 members (excludes halogenated alkanes) is 1. The van der Waals surface area contributed by atoms with Crippen molar-refractivity contribution in [2.24, 2.45) is 0 Å². The first-order valence-electron chi connectivity index (χ1n) is 11.2. The number of amides is 2. The van der Waals surface area contributed by atoms with Crippen molar-refractivity contribution in [3.8, 4) is 0 Å². The van der Waals surface area contributed by atoms with Crippen LogP contribution in [0.25, 0.3) is 0 Å². The molecule has 0 bridgehead atoms. The van der Waals surface area contributed by atoms with E-state index in [2.05, 4.69) is 5.32 Å². The standard InChI is InChI=1S/C25H35N3O4S/c1-6-7-16-26-25(30)21(4)27(17-22-14-10-8-12-19(22)2)24(29)18-28(33(5,31)32)23-15-11-9-13-20(23)3/h8-15,21H,6-7,16-18H2,1-5H3,(H,26,30)/t21-/m1/s1. The van der Waals surface area contributed by atoms with Crippen LogP contribution < -0.4 is 9.62 Å². The van der Waals surface area contributed by atoms with E-state index in [0.717, 1.165) is 40.1 Å². The molecule has 1 N–H and O–H groups in total. The Bertz CT molecular complexity index is 1070. The van der Waals surface area contributed by atoms with Crippen LogP contribution in [0.1, 0.15) is 43.4 Å². The van der Waals surface area contributed by atoms with E-state index in [-0.39, 0.29) is 19.0 Å². The Morgan fingerprint density at radius 2 is 1.61 bits per heavy atom. The Balaban J connectivity index is 2.37. The highest BCUT2D eigenvalue weighted by Crippen LogP contribution is 2.23. The number of carbonyl (C=O) groups is 2. The Labute approximate surface area is 197 Å². The fraction of sp³-hybridized carbons (Fsp3) is 0.440. The molecule has 2 amide bonds. The predicted octanol–water partition coefficient (Wildman–Crippen LogP) is 3.40. The lowest BCUT2D eigenvalue weighted by atomic mass is 10.1. The first kappa shape index (κ1) is 26.4. The molecule has 0 aromatic heterocycles. The van der Waals surface area contributed by atoms with Crippen LogP contribution in [0.3, 0.4) is 0 Å². The van der Waals surface area contributed by atoms with Gasteiger partial charge < -0.3 is 10.2 Å². The molecule has 2 aromatic rings. The van der Waals surface area contributed by atoms with Gasteiger partial charge in [0, 0.05) is 13.1 Å². The van der Waals surface area contributed by atoms with Crippen LogP contribution in [0.2, 0.25) is 0 Å². The zero-order chi connectivity index (χ0) is 24.6. The molecule has 0 aliphatic carbocycles. The number of rotatable bonds is 11. The minimum atomic E-state index is -3.73. The van der Waals surface area contributed by atoms with Crippen LogP contribution >= 0.6 is 0 Å². The fourth-order valence-corrected chi connectivity index (χ4v) is 4.43. The van der Waals surface area contributed by atoms with Gasteiger partial charge >= 0.3 is 0 Å². The largest absolute Gasteiger partial charge is 0.354 e. The normalized spacial score (nSPS) is 12.2. The van der Waals surface area contributed by atoms with Gasteiger partial charge in [0.2, 0.25) is 21.8 Å². The van der Waals surface area contributed by atoms with Crippen molar-refractivity contribution < 1.29 is 18.0 Å². The number of anilines is 1. The first-order valence-corrected chi connectivity index (χ1v) is 13.1. The predicted molar refractivity (Wildman–Crippen MR) is 132 cm³/mol. The summed E-state index contributed by atoms with van der Waals surface area (Å²) in [4.78, 5) is 27.8. The molecule has 0 heterocycles. The van der Waals surface area contributed by atoms with E-state index in [9.17, 15) is 18.0 Å². The highest BCUT2D eigenvalue weighted by atomic mass is 32.2. The van der Waals surface area contributed by atoms with E-state index >= 15 is 0 Å². The summed E-state index contributed by atoms with van der Waals surface area (Å²) in [6, 6.07) is 13.9. The number of sulfonamides is 1. The molecular formula is C25H35N3O4S. The van der Waals surface area contributed by atoms with Gasteiger partial charge in [0.25, 0.3) is 0 Å². The molecule has 0 radical (unpaired) electrons. The van der Waals surface area contributed by atoms with Gasteiger partial charge in [0.1, 0.15) is 12.6 Å². The molecule has 0 saturated carbocycles. The summed E-state index contributed by atoms with van der Waals surface area (Å²) in [5, 5.41) is 2.88. The van der Waals surface area contributed by atoms with E-state index in [1.807, 2.05) is 44.2 Å². The topological polar surface area (TPSA) is 86.8 Å². The molecule has 2 rings (SSSR count). The number of benzene rings is 2. The Morgan fingerprint density at radius 1 is 1.00 bits per heavy atom. The lowest BCUT2D eigenvalue weighted by molar-refractivity contribution is -0.139. The fourth-order valence-electron chi connectivity index (χ4n) is 3.53. The van der Waals surface area contributed by atoms with Crippen LogP contribution in [0.15, 0.2) is 48.5 Å². The van der Waals surface area contributed by atoms with Gasteiger partial charge in [0.05, 0.1) is 11.9 Å². The third-order valence-electron chi connectivity index (χ3n) is 5.66. The van der Waals surface area contributed by atoms with Gasteiger partial charge in [-0.1, -0.05) is 55.8 Å². The lowest BCUT2D eigenvalue weighted by Gasteiger charge is -2.32. The van der Waals surface area contributed by atoms with E-state index in [1.165, 1.54) is 4.90 Å². The van der Waals surface area contributed by atoms with Crippen molar-refractivity contribution >= 4 is 27.5 Å². The second-order valence-corrected chi connectivity index (χ2v) is 10.2. The quantitative estimate of drug-likeness (QED) is 0.507. The monoisotopic (exact) mass is 473 g/mol. The van der Waals surface area contributed by atoms with Crippen molar-refractivity contribution in [2.45, 2.75) is 53.1 Å². The number of carbonyl (C=O) groups excluding carboxylic acids is 2. The Morgan fingerprint density at radius 3 is 2.18 bits per heavy atom. The highest BCUT2D eigenvalue weighted by Gasteiger charge is 2.30. The van der Waals surface area contributed by atoms with Gasteiger partial charge in [-0.05, 0) is 49.9 Å². The van der Waals surface area contributed by atoms with Gasteiger partial charge in [-0.2, -0.15) is 0 Å². The maximum atomic E-state index is 13.5. The van der Waals surface area contributed by atoms with Gasteiger partial charge in [-0.3, -0.25) is 13.9 Å². The SMILES string of the molecule is CCCCNC(=O)[C@@H](C)N(Cc1ccccc1C)C(=O)CN(c1ccccc1C)S(C)(=O)=O. The number of hydrogen-bond acceptors (Lipinski definition) is 4. The van der Waals surface area contributed by atoms with Crippen molar-refractivity contribution in [3.05, 3.63) is 65.2 Å². The minimum absolute atomic E-state index is 0.208. The average Bonchev–Trinajstić information content (AvgIpc) is 2.76. The molecule has 2 aromatic carbocycles. The van der Waals surface area contributed by atoms with E-state index in [4.69, 9.17) is 0 Å². The van der Waals surface area contributed by atoms with Gasteiger partial charge in [0.15, 0.2) is 0 Å². The lowest BCUT2D eigenvalue weighted by Crippen LogP contribution is -2.51. The maximum absolute atomic E-state index is 13.5. The molecule has 0 unspecified atom stereocenters. The smallest absolute Gasteiger partial charge is 0.244 e. The van der Waals surface area contributed by atoms with Gasteiger partial charge in [-0.25, -0.2) is 8.42 Å². The number of nitrogens with one attached hydrogen (secondary N) is 1. The van der Waals surface area contributed by atoms with E-state index in [0.29, 0.717) is 12.2 Å². The first-order chi connectivity index (χ1) is 15.6. The summed E-state index contributed by atoms with van der Waals surface area (Å²) in [7, 11) is -3.73. The molecule has 8 heteroatoms. The molecular weight excluding hydrogens is 438 g/mol. The number of aryl methyl sites for hydroxylation is 2. The van der Waals surface area contributed by atoms with Gasteiger partial charge in [-0.15, -0.1) is 0 Å². The van der Waals surface area contributed by atoms with Crippen LogP contribution in [0.4, 0.5) is 5.69 Å². The third kappa shape index (κ3) is 7.32. The maximum Gasteiger partial charge on any atom is 0.244 e. The molecule has 0 aliphatic rings. The van der Waals surface area contributed by atoms with Crippen molar-refractivity contribution in [2.75, 3.05) is 23.7 Å². The summed E-state index contributed by atoms with van der Waals surface area (Å²) >= 11 is 0. The van der Waals surface area contributed by atoms with Crippen LogP contribution in [0, 0.1) is 13.8 Å². The number of hydrogen-bond donors (Lipinski definition) is 1. The zero-order valence-corrected chi connectivity index (χ0v) is 21.0. The number of para-hydroxylation sites is 1. The third-order valence-corrected chi connectivity index (χ3v) is 6.79. The summed E-state index contributed by atoms with van der Waals surface area (Å²) in [6.45, 7) is 7.81. The van der Waals surface area contributed by atoms with E-state index in [1.54, 1.807) is 32.0 Å². The molecule has 180 valence electrons. The molecule has 7 nitrogen and oxygen atoms in total. The van der Waals surface area contributed by atoms with E-state index < -0.39 is 22.0 Å².